The molecule has 2 nitrogen and oxygen atoms in total. The molecule has 1 aliphatic carbocycles. The number of ether oxygens (including phenoxy) is 2. The van der Waals surface area contributed by atoms with Crippen molar-refractivity contribution in [2.24, 2.45) is 5.92 Å². The van der Waals surface area contributed by atoms with Crippen LogP contribution in [0.15, 0.2) is 12.2 Å². The molecular weight excluding hydrogens is 176 g/mol. The number of fused-ring (bicyclic) bond motifs is 1. The topological polar surface area (TPSA) is 18.5 Å². The third kappa shape index (κ3) is 1.41. The summed E-state index contributed by atoms with van der Waals surface area (Å²) in [4.78, 5) is 0. The van der Waals surface area contributed by atoms with Gasteiger partial charge in [0.1, 0.15) is 6.10 Å². The molecule has 1 fully saturated rings. The molecule has 0 aromatic carbocycles. The van der Waals surface area contributed by atoms with Gasteiger partial charge in [0.05, 0.1) is 6.10 Å². The highest BCUT2D eigenvalue weighted by Crippen LogP contribution is 2.41. The summed E-state index contributed by atoms with van der Waals surface area (Å²) in [7, 11) is 0. The second-order valence-electron chi connectivity index (χ2n) is 4.24. The van der Waals surface area contributed by atoms with Gasteiger partial charge in [0.2, 0.25) is 0 Å². The van der Waals surface area contributed by atoms with Crippen molar-refractivity contribution in [1.82, 2.24) is 0 Å². The van der Waals surface area contributed by atoms with Crippen molar-refractivity contribution in [3.8, 4) is 0 Å². The van der Waals surface area contributed by atoms with Crippen molar-refractivity contribution in [3.05, 3.63) is 12.2 Å². The molecule has 0 bridgehead atoms. The summed E-state index contributed by atoms with van der Waals surface area (Å²) in [6, 6.07) is 0. The minimum atomic E-state index is -0.298. The van der Waals surface area contributed by atoms with Gasteiger partial charge in [0.15, 0.2) is 5.79 Å². The smallest absolute Gasteiger partial charge is 0.169 e. The van der Waals surface area contributed by atoms with E-state index >= 15 is 0 Å². The van der Waals surface area contributed by atoms with Crippen molar-refractivity contribution >= 4 is 0 Å². The molecule has 0 aromatic rings. The Hall–Kier alpha value is -0.340. The van der Waals surface area contributed by atoms with Gasteiger partial charge in [-0.25, -0.2) is 0 Å². The van der Waals surface area contributed by atoms with E-state index in [9.17, 15) is 0 Å². The lowest BCUT2D eigenvalue weighted by Crippen LogP contribution is -2.30. The molecule has 80 valence electrons. The van der Waals surface area contributed by atoms with E-state index in [1.807, 2.05) is 0 Å². The lowest BCUT2D eigenvalue weighted by atomic mass is 10.0. The standard InChI is InChI=1S/C12H20O2/c1-4-9-7-8-10-11(9)14-12(5-2,6-3)13-10/h7-11H,4-6H2,1-3H3. The summed E-state index contributed by atoms with van der Waals surface area (Å²) in [5.41, 5.74) is 0. The fourth-order valence-electron chi connectivity index (χ4n) is 2.45. The second-order valence-corrected chi connectivity index (χ2v) is 4.24. The van der Waals surface area contributed by atoms with Crippen LogP contribution in [0.25, 0.3) is 0 Å². The molecule has 1 saturated heterocycles. The van der Waals surface area contributed by atoms with Crippen LogP contribution in [0.1, 0.15) is 40.0 Å². The highest BCUT2D eigenvalue weighted by molar-refractivity contribution is 5.12. The van der Waals surface area contributed by atoms with E-state index in [4.69, 9.17) is 9.47 Å². The molecule has 0 N–H and O–H groups in total. The Balaban J connectivity index is 2.10. The fourth-order valence-corrected chi connectivity index (χ4v) is 2.45. The zero-order valence-electron chi connectivity index (χ0n) is 9.32. The summed E-state index contributed by atoms with van der Waals surface area (Å²) in [5, 5.41) is 0. The number of rotatable bonds is 3. The Morgan fingerprint density at radius 1 is 1.07 bits per heavy atom. The van der Waals surface area contributed by atoms with E-state index in [0.29, 0.717) is 5.92 Å². The maximum atomic E-state index is 6.09. The van der Waals surface area contributed by atoms with Gasteiger partial charge >= 0.3 is 0 Å². The second kappa shape index (κ2) is 3.67. The first-order valence-corrected chi connectivity index (χ1v) is 5.78. The van der Waals surface area contributed by atoms with E-state index in [1.54, 1.807) is 0 Å². The Morgan fingerprint density at radius 2 is 1.79 bits per heavy atom. The van der Waals surface area contributed by atoms with Gasteiger partial charge in [-0.15, -0.1) is 0 Å². The van der Waals surface area contributed by atoms with Gasteiger partial charge in [0.25, 0.3) is 0 Å². The Morgan fingerprint density at radius 3 is 2.36 bits per heavy atom. The first kappa shape index (κ1) is 10.2. The molecular formula is C12H20O2. The minimum Gasteiger partial charge on any atom is -0.343 e. The van der Waals surface area contributed by atoms with E-state index in [0.717, 1.165) is 19.3 Å². The summed E-state index contributed by atoms with van der Waals surface area (Å²) in [6.07, 6.45) is 7.93. The fraction of sp³-hybridized carbons (Fsp3) is 0.833. The summed E-state index contributed by atoms with van der Waals surface area (Å²) in [5.74, 6) is 0.257. The largest absolute Gasteiger partial charge is 0.343 e. The van der Waals surface area contributed by atoms with E-state index < -0.39 is 0 Å². The van der Waals surface area contributed by atoms with Gasteiger partial charge in [0, 0.05) is 5.92 Å². The lowest BCUT2D eigenvalue weighted by Gasteiger charge is -2.26. The predicted octanol–water partition coefficient (Wildman–Crippen LogP) is 2.88. The van der Waals surface area contributed by atoms with Gasteiger partial charge in [-0.3, -0.25) is 0 Å². The minimum absolute atomic E-state index is 0.208. The van der Waals surface area contributed by atoms with Crippen LogP contribution in [0.3, 0.4) is 0 Å². The highest BCUT2D eigenvalue weighted by Gasteiger charge is 2.48. The molecule has 2 rings (SSSR count). The van der Waals surface area contributed by atoms with Crippen LogP contribution < -0.4 is 0 Å². The molecule has 0 radical (unpaired) electrons. The van der Waals surface area contributed by atoms with Crippen LogP contribution in [0, 0.1) is 5.92 Å². The SMILES string of the molecule is CCC1C=CC2OC(CC)(CC)OC12. The molecule has 3 atom stereocenters. The lowest BCUT2D eigenvalue weighted by molar-refractivity contribution is -0.180. The van der Waals surface area contributed by atoms with Crippen LogP contribution in [0.4, 0.5) is 0 Å². The molecule has 2 heteroatoms. The van der Waals surface area contributed by atoms with Gasteiger partial charge < -0.3 is 9.47 Å². The van der Waals surface area contributed by atoms with Gasteiger partial charge in [-0.2, -0.15) is 0 Å². The van der Waals surface area contributed by atoms with E-state index in [1.165, 1.54) is 0 Å². The molecule has 0 aromatic heterocycles. The number of hydrogen-bond acceptors (Lipinski definition) is 2. The molecule has 3 unspecified atom stereocenters. The monoisotopic (exact) mass is 196 g/mol. The van der Waals surface area contributed by atoms with Crippen molar-refractivity contribution in [1.29, 1.82) is 0 Å². The third-order valence-electron chi connectivity index (χ3n) is 3.54. The first-order chi connectivity index (χ1) is 6.74. The van der Waals surface area contributed by atoms with Crippen LogP contribution in [-0.2, 0) is 9.47 Å². The van der Waals surface area contributed by atoms with E-state index in [-0.39, 0.29) is 18.0 Å². The quantitative estimate of drug-likeness (QED) is 0.646. The van der Waals surface area contributed by atoms with Crippen LogP contribution in [-0.4, -0.2) is 18.0 Å². The van der Waals surface area contributed by atoms with Crippen LogP contribution in [0.5, 0.6) is 0 Å². The Kier molecular flexibility index (Phi) is 2.67. The molecule has 1 aliphatic heterocycles. The average Bonchev–Trinajstić information content (AvgIpc) is 2.74. The Labute approximate surface area is 86.3 Å². The maximum absolute atomic E-state index is 6.09. The zero-order chi connectivity index (χ0) is 10.2. The first-order valence-electron chi connectivity index (χ1n) is 5.78. The molecule has 0 spiro atoms. The molecule has 1 heterocycles. The normalized spacial score (nSPS) is 38.9. The molecule has 0 saturated carbocycles. The zero-order valence-corrected chi connectivity index (χ0v) is 9.32. The number of hydrogen-bond donors (Lipinski definition) is 0. The summed E-state index contributed by atoms with van der Waals surface area (Å²) in [6.45, 7) is 6.48. The van der Waals surface area contributed by atoms with E-state index in [2.05, 4.69) is 32.9 Å². The highest BCUT2D eigenvalue weighted by atomic mass is 16.8. The Bertz CT molecular complexity index is 230. The van der Waals surface area contributed by atoms with Gasteiger partial charge in [-0.05, 0) is 19.3 Å². The maximum Gasteiger partial charge on any atom is 0.169 e. The summed E-state index contributed by atoms with van der Waals surface area (Å²) < 4.78 is 12.1. The molecule has 2 aliphatic rings. The molecule has 0 amide bonds. The van der Waals surface area contributed by atoms with Crippen molar-refractivity contribution in [2.45, 2.75) is 58.0 Å². The van der Waals surface area contributed by atoms with Crippen LogP contribution >= 0.6 is 0 Å². The molecule has 14 heavy (non-hydrogen) atoms. The van der Waals surface area contributed by atoms with Gasteiger partial charge in [-0.1, -0.05) is 32.9 Å². The van der Waals surface area contributed by atoms with Crippen LogP contribution in [0.2, 0.25) is 0 Å². The van der Waals surface area contributed by atoms with Crippen molar-refractivity contribution in [3.63, 3.8) is 0 Å². The van der Waals surface area contributed by atoms with Crippen molar-refractivity contribution in [2.75, 3.05) is 0 Å². The summed E-state index contributed by atoms with van der Waals surface area (Å²) >= 11 is 0. The third-order valence-corrected chi connectivity index (χ3v) is 3.54. The predicted molar refractivity (Wildman–Crippen MR) is 56.0 cm³/mol. The average molecular weight is 196 g/mol. The van der Waals surface area contributed by atoms with Crippen molar-refractivity contribution < 1.29 is 9.47 Å².